The Morgan fingerprint density at radius 2 is 1.70 bits per heavy atom. The first-order valence-corrected chi connectivity index (χ1v) is 11.1. The molecule has 1 N–H and O–H groups in total. The van der Waals surface area contributed by atoms with Crippen molar-refractivity contribution in [2.45, 2.75) is 59.9 Å². The predicted octanol–water partition coefficient (Wildman–Crippen LogP) is 7.85. The van der Waals surface area contributed by atoms with E-state index >= 15 is 0 Å². The number of benzene rings is 2. The van der Waals surface area contributed by atoms with Crippen LogP contribution < -0.4 is 5.32 Å². The fraction of sp³-hybridized carbons (Fsp3) is 0.357. The third-order valence-corrected chi connectivity index (χ3v) is 4.80. The summed E-state index contributed by atoms with van der Waals surface area (Å²) in [5.41, 5.74) is 7.31. The van der Waals surface area contributed by atoms with Crippen LogP contribution in [0.2, 0.25) is 0 Å². The Labute approximate surface area is 190 Å². The van der Waals surface area contributed by atoms with Crippen LogP contribution in [0.4, 0.5) is 0 Å². The highest BCUT2D eigenvalue weighted by Crippen LogP contribution is 2.27. The number of hydrogen-bond donors (Lipinski definition) is 1. The summed E-state index contributed by atoms with van der Waals surface area (Å²) in [6, 6.07) is 16.4. The molecule has 2 aromatic rings. The Kier molecular flexibility index (Phi) is 15.3. The minimum Gasteiger partial charge on any atom is -0.312 e. The molecule has 1 unspecified atom stereocenters. The van der Waals surface area contributed by atoms with E-state index in [4.69, 9.17) is 18.0 Å². The summed E-state index contributed by atoms with van der Waals surface area (Å²) in [5, 5.41) is 3.35. The molecule has 0 amide bonds. The van der Waals surface area contributed by atoms with E-state index < -0.39 is 0 Å². The van der Waals surface area contributed by atoms with E-state index in [2.05, 4.69) is 29.9 Å². The van der Waals surface area contributed by atoms with Crippen molar-refractivity contribution in [3.05, 3.63) is 94.6 Å². The summed E-state index contributed by atoms with van der Waals surface area (Å²) >= 11 is 6.19. The average Bonchev–Trinajstić information content (AvgIpc) is 2.79. The van der Waals surface area contributed by atoms with Crippen LogP contribution in [0.1, 0.15) is 69.2 Å². The number of fused-ring (bicyclic) bond motifs is 1. The van der Waals surface area contributed by atoms with E-state index in [1.54, 1.807) is 0 Å². The van der Waals surface area contributed by atoms with Crippen molar-refractivity contribution in [2.75, 3.05) is 6.54 Å². The second kappa shape index (κ2) is 16.5. The van der Waals surface area contributed by atoms with Gasteiger partial charge in [0.05, 0.1) is 5.38 Å². The smallest absolute Gasteiger partial charge is 0.0792 e. The third-order valence-electron chi connectivity index (χ3n) is 4.21. The van der Waals surface area contributed by atoms with E-state index in [1.165, 1.54) is 22.3 Å². The Morgan fingerprint density at radius 3 is 2.23 bits per heavy atom. The van der Waals surface area contributed by atoms with Gasteiger partial charge in [-0.3, -0.25) is 0 Å². The minimum atomic E-state index is 0.0243. The molecule has 30 heavy (non-hydrogen) atoms. The van der Waals surface area contributed by atoms with Crippen molar-refractivity contribution < 1.29 is 0 Å². The van der Waals surface area contributed by atoms with Gasteiger partial charge < -0.3 is 5.32 Å². The molecule has 0 saturated carbocycles. The maximum atomic E-state index is 6.19. The number of allylic oxidation sites excluding steroid dienone is 3. The molecule has 162 valence electrons. The van der Waals surface area contributed by atoms with Gasteiger partial charge >= 0.3 is 0 Å². The van der Waals surface area contributed by atoms with Gasteiger partial charge in [0, 0.05) is 12.1 Å². The van der Waals surface area contributed by atoms with Gasteiger partial charge in [0.15, 0.2) is 0 Å². The van der Waals surface area contributed by atoms with Crippen LogP contribution in [0.5, 0.6) is 0 Å². The first-order chi connectivity index (χ1) is 14.4. The molecule has 1 nitrogen and oxygen atoms in total. The topological polar surface area (TPSA) is 12.0 Å². The molecule has 0 spiro atoms. The standard InChI is InChI=1S/C11H13Cl.C11H11N.C4H8.C2H6/c1-3-9(2)11(12)10-7-5-4-6-8-10;1-2-9-3-4-10-5-6-12-8-11(10)7-9;1-4(2)3;1-2/h3-8,11H,1-2H3;1,3-4,7,12H,5-6,8H2;1H2,2-3H3;1-2H3/b9-3+;;;. The zero-order valence-electron chi connectivity index (χ0n) is 19.6. The molecule has 0 aliphatic carbocycles. The van der Waals surface area contributed by atoms with Crippen LogP contribution in [0.25, 0.3) is 0 Å². The predicted molar refractivity (Wildman–Crippen MR) is 136 cm³/mol. The molecule has 1 atom stereocenters. The van der Waals surface area contributed by atoms with Crippen molar-refractivity contribution >= 4 is 11.6 Å². The van der Waals surface area contributed by atoms with E-state index in [0.29, 0.717) is 0 Å². The Balaban J connectivity index is 0.000000447. The monoisotopic (exact) mass is 423 g/mol. The Hall–Kier alpha value is -2.27. The second-order valence-corrected chi connectivity index (χ2v) is 7.50. The first-order valence-electron chi connectivity index (χ1n) is 10.6. The van der Waals surface area contributed by atoms with Crippen LogP contribution in [-0.4, -0.2) is 6.54 Å². The van der Waals surface area contributed by atoms with E-state index in [0.717, 1.165) is 30.6 Å². The maximum absolute atomic E-state index is 6.19. The van der Waals surface area contributed by atoms with Gasteiger partial charge in [-0.15, -0.1) is 24.6 Å². The largest absolute Gasteiger partial charge is 0.312 e. The lowest BCUT2D eigenvalue weighted by Crippen LogP contribution is -2.23. The number of halogens is 1. The summed E-state index contributed by atoms with van der Waals surface area (Å²) in [7, 11) is 0. The van der Waals surface area contributed by atoms with Crippen LogP contribution in [0.15, 0.2) is 72.3 Å². The first kappa shape index (κ1) is 27.7. The lowest BCUT2D eigenvalue weighted by atomic mass is 9.99. The van der Waals surface area contributed by atoms with Crippen LogP contribution in [-0.2, 0) is 13.0 Å². The number of hydrogen-bond acceptors (Lipinski definition) is 1. The van der Waals surface area contributed by atoms with Crippen molar-refractivity contribution in [2.24, 2.45) is 0 Å². The molecule has 3 rings (SSSR count). The lowest BCUT2D eigenvalue weighted by molar-refractivity contribution is 0.643. The lowest BCUT2D eigenvalue weighted by Gasteiger charge is -2.16. The fourth-order valence-corrected chi connectivity index (χ4v) is 2.87. The summed E-state index contributed by atoms with van der Waals surface area (Å²) in [6.45, 7) is 17.6. The molecule has 0 saturated heterocycles. The van der Waals surface area contributed by atoms with Gasteiger partial charge in [-0.05, 0) is 69.5 Å². The van der Waals surface area contributed by atoms with E-state index in [-0.39, 0.29) is 5.38 Å². The van der Waals surface area contributed by atoms with Crippen LogP contribution in [0.3, 0.4) is 0 Å². The molecular weight excluding hydrogens is 386 g/mol. The van der Waals surface area contributed by atoms with E-state index in [9.17, 15) is 0 Å². The number of rotatable bonds is 2. The van der Waals surface area contributed by atoms with Gasteiger partial charge in [0.25, 0.3) is 0 Å². The third kappa shape index (κ3) is 11.1. The summed E-state index contributed by atoms with van der Waals surface area (Å²) in [6.07, 6.45) is 8.48. The second-order valence-electron chi connectivity index (χ2n) is 7.07. The van der Waals surface area contributed by atoms with Gasteiger partial charge in [-0.1, -0.05) is 73.4 Å². The van der Waals surface area contributed by atoms with Gasteiger partial charge in [-0.2, -0.15) is 0 Å². The van der Waals surface area contributed by atoms with Crippen LogP contribution >= 0.6 is 11.6 Å². The maximum Gasteiger partial charge on any atom is 0.0792 e. The highest BCUT2D eigenvalue weighted by molar-refractivity contribution is 6.22. The highest BCUT2D eigenvalue weighted by Gasteiger charge is 2.08. The van der Waals surface area contributed by atoms with Crippen molar-refractivity contribution in [3.63, 3.8) is 0 Å². The number of nitrogens with one attached hydrogen (secondary N) is 1. The highest BCUT2D eigenvalue weighted by atomic mass is 35.5. The molecular formula is C28H38ClN. The molecule has 0 aromatic heterocycles. The SMILES string of the molecule is C#Cc1ccc2c(c1)CNCC2.C/C=C(\C)C(Cl)c1ccccc1.C=C(C)C.CC. The molecule has 0 fully saturated rings. The Bertz CT molecular complexity index is 808. The minimum absolute atomic E-state index is 0.0243. The van der Waals surface area contributed by atoms with Crippen LogP contribution in [0, 0.1) is 12.3 Å². The normalized spacial score (nSPS) is 12.8. The molecule has 0 bridgehead atoms. The Morgan fingerprint density at radius 1 is 1.10 bits per heavy atom. The zero-order valence-corrected chi connectivity index (χ0v) is 20.3. The van der Waals surface area contributed by atoms with Crippen molar-refractivity contribution in [3.8, 4) is 12.3 Å². The molecule has 0 radical (unpaired) electrons. The molecule has 1 aliphatic heterocycles. The van der Waals surface area contributed by atoms with Crippen molar-refractivity contribution in [1.29, 1.82) is 0 Å². The zero-order chi connectivity index (χ0) is 22.9. The van der Waals surface area contributed by atoms with Gasteiger partial charge in [-0.25, -0.2) is 0 Å². The van der Waals surface area contributed by atoms with E-state index in [1.807, 2.05) is 84.0 Å². The quantitative estimate of drug-likeness (QED) is 0.294. The molecule has 2 heteroatoms. The summed E-state index contributed by atoms with van der Waals surface area (Å²) in [4.78, 5) is 0. The fourth-order valence-electron chi connectivity index (χ4n) is 2.60. The summed E-state index contributed by atoms with van der Waals surface area (Å²) in [5.74, 6) is 2.65. The average molecular weight is 424 g/mol. The van der Waals surface area contributed by atoms with Crippen molar-refractivity contribution in [1.82, 2.24) is 5.32 Å². The van der Waals surface area contributed by atoms with Gasteiger partial charge in [0.1, 0.15) is 0 Å². The van der Waals surface area contributed by atoms with Gasteiger partial charge in [0.2, 0.25) is 0 Å². The summed E-state index contributed by atoms with van der Waals surface area (Å²) < 4.78 is 0. The number of terminal acetylenes is 1. The molecule has 1 aliphatic rings. The molecule has 1 heterocycles. The number of alkyl halides is 1. The molecule has 2 aromatic carbocycles.